The molecule has 0 aromatic heterocycles. The molecule has 1 amide bonds. The number of benzene rings is 2. The van der Waals surface area contributed by atoms with E-state index in [0.29, 0.717) is 17.3 Å². The zero-order chi connectivity index (χ0) is 17.4. The number of carbonyl (C=O) groups excluding carboxylic acids is 1. The van der Waals surface area contributed by atoms with Crippen molar-refractivity contribution in [2.24, 2.45) is 0 Å². The summed E-state index contributed by atoms with van der Waals surface area (Å²) in [6.07, 6.45) is 2.25. The third-order valence-electron chi connectivity index (χ3n) is 3.46. The van der Waals surface area contributed by atoms with Gasteiger partial charge >= 0.3 is 0 Å². The first-order valence-corrected chi connectivity index (χ1v) is 7.93. The van der Waals surface area contributed by atoms with Gasteiger partial charge in [-0.05, 0) is 36.6 Å². The van der Waals surface area contributed by atoms with E-state index in [1.165, 1.54) is 11.8 Å². The summed E-state index contributed by atoms with van der Waals surface area (Å²) in [7, 11) is 0. The van der Waals surface area contributed by atoms with Gasteiger partial charge in [0.2, 0.25) is 0 Å². The summed E-state index contributed by atoms with van der Waals surface area (Å²) in [5.74, 6) is -0.463. The van der Waals surface area contributed by atoms with Crippen LogP contribution in [0.5, 0.6) is 0 Å². The van der Waals surface area contributed by atoms with Crippen LogP contribution >= 0.6 is 11.6 Å². The van der Waals surface area contributed by atoms with Crippen molar-refractivity contribution in [2.75, 3.05) is 11.9 Å². The minimum absolute atomic E-state index is 0.0161. The summed E-state index contributed by atoms with van der Waals surface area (Å²) in [6, 6.07) is 17.1. The molecule has 122 valence electrons. The molecule has 2 aromatic rings. The van der Waals surface area contributed by atoms with Crippen LogP contribution in [0, 0.1) is 18.3 Å². The molecule has 0 unspecified atom stereocenters. The summed E-state index contributed by atoms with van der Waals surface area (Å²) < 4.78 is 0. The Morgan fingerprint density at radius 1 is 1.25 bits per heavy atom. The van der Waals surface area contributed by atoms with Crippen molar-refractivity contribution in [1.29, 1.82) is 5.26 Å². The van der Waals surface area contributed by atoms with E-state index in [0.717, 1.165) is 12.0 Å². The zero-order valence-electron chi connectivity index (χ0n) is 13.3. The molecule has 0 saturated carbocycles. The Kier molecular flexibility index (Phi) is 6.41. The lowest BCUT2D eigenvalue weighted by atomic mass is 10.1. The molecule has 0 aliphatic heterocycles. The van der Waals surface area contributed by atoms with Crippen molar-refractivity contribution in [3.63, 3.8) is 0 Å². The van der Waals surface area contributed by atoms with Crippen molar-refractivity contribution >= 4 is 23.2 Å². The van der Waals surface area contributed by atoms with E-state index >= 15 is 0 Å². The van der Waals surface area contributed by atoms with Gasteiger partial charge in [0.1, 0.15) is 11.6 Å². The Bertz CT molecular complexity index is 779. The number of anilines is 1. The van der Waals surface area contributed by atoms with Gasteiger partial charge in [0.25, 0.3) is 5.91 Å². The fourth-order valence-electron chi connectivity index (χ4n) is 2.10. The number of halogens is 1. The lowest BCUT2D eigenvalue weighted by molar-refractivity contribution is -0.112. The average molecular weight is 340 g/mol. The third kappa shape index (κ3) is 5.15. The van der Waals surface area contributed by atoms with Crippen molar-refractivity contribution in [1.82, 2.24) is 5.32 Å². The summed E-state index contributed by atoms with van der Waals surface area (Å²) in [5, 5.41) is 15.4. The predicted molar refractivity (Wildman–Crippen MR) is 96.7 cm³/mol. The molecule has 0 heterocycles. The van der Waals surface area contributed by atoms with Crippen LogP contribution in [-0.4, -0.2) is 12.5 Å². The maximum absolute atomic E-state index is 12.2. The van der Waals surface area contributed by atoms with Gasteiger partial charge in [-0.3, -0.25) is 4.79 Å². The first kappa shape index (κ1) is 17.6. The molecule has 0 saturated heterocycles. The van der Waals surface area contributed by atoms with Crippen LogP contribution in [0.4, 0.5) is 5.69 Å². The Hall–Kier alpha value is -2.77. The second-order valence-corrected chi connectivity index (χ2v) is 5.71. The lowest BCUT2D eigenvalue weighted by Crippen LogP contribution is -2.18. The van der Waals surface area contributed by atoms with Crippen LogP contribution in [0.3, 0.4) is 0 Å². The standard InChI is InChI=1S/C19H18ClN3O/c1-14-7-8-17(20)11-18(14)23-19(24)16(12-21)13-22-10-9-15-5-3-2-4-6-15/h2-8,11,13,22H,9-10H2,1H3,(H,23,24)/b16-13-. The van der Waals surface area contributed by atoms with Crippen molar-refractivity contribution in [2.45, 2.75) is 13.3 Å². The highest BCUT2D eigenvalue weighted by Crippen LogP contribution is 2.20. The summed E-state index contributed by atoms with van der Waals surface area (Å²) >= 11 is 5.93. The topological polar surface area (TPSA) is 64.9 Å². The molecule has 4 nitrogen and oxygen atoms in total. The molecule has 2 N–H and O–H groups in total. The van der Waals surface area contributed by atoms with Crippen LogP contribution in [0.25, 0.3) is 0 Å². The Balaban J connectivity index is 1.93. The average Bonchev–Trinajstić information content (AvgIpc) is 2.59. The molecular formula is C19H18ClN3O. The fourth-order valence-corrected chi connectivity index (χ4v) is 2.27. The second kappa shape index (κ2) is 8.76. The number of hydrogen-bond acceptors (Lipinski definition) is 3. The summed E-state index contributed by atoms with van der Waals surface area (Å²) in [6.45, 7) is 2.50. The Morgan fingerprint density at radius 2 is 2.00 bits per heavy atom. The van der Waals surface area contributed by atoms with E-state index in [1.54, 1.807) is 12.1 Å². The Morgan fingerprint density at radius 3 is 2.71 bits per heavy atom. The van der Waals surface area contributed by atoms with E-state index in [1.807, 2.05) is 49.4 Å². The van der Waals surface area contributed by atoms with E-state index < -0.39 is 5.91 Å². The van der Waals surface area contributed by atoms with Crippen LogP contribution < -0.4 is 10.6 Å². The maximum Gasteiger partial charge on any atom is 0.267 e. The second-order valence-electron chi connectivity index (χ2n) is 5.27. The molecule has 0 bridgehead atoms. The van der Waals surface area contributed by atoms with Crippen molar-refractivity contribution < 1.29 is 4.79 Å². The molecule has 0 fully saturated rings. The fraction of sp³-hybridized carbons (Fsp3) is 0.158. The first-order chi connectivity index (χ1) is 11.6. The van der Waals surface area contributed by atoms with Crippen LogP contribution in [0.15, 0.2) is 60.3 Å². The van der Waals surface area contributed by atoms with Gasteiger partial charge in [-0.1, -0.05) is 48.0 Å². The minimum Gasteiger partial charge on any atom is -0.389 e. The summed E-state index contributed by atoms with van der Waals surface area (Å²) in [4.78, 5) is 12.2. The third-order valence-corrected chi connectivity index (χ3v) is 3.70. The van der Waals surface area contributed by atoms with E-state index in [2.05, 4.69) is 10.6 Å². The normalized spacial score (nSPS) is 10.8. The smallest absolute Gasteiger partial charge is 0.267 e. The highest BCUT2D eigenvalue weighted by atomic mass is 35.5. The monoisotopic (exact) mass is 339 g/mol. The van der Waals surface area contributed by atoms with Gasteiger partial charge < -0.3 is 10.6 Å². The molecular weight excluding hydrogens is 322 g/mol. The van der Waals surface area contributed by atoms with E-state index in [-0.39, 0.29) is 5.57 Å². The number of amides is 1. The first-order valence-electron chi connectivity index (χ1n) is 7.55. The lowest BCUT2D eigenvalue weighted by Gasteiger charge is -2.08. The molecule has 0 aliphatic carbocycles. The van der Waals surface area contributed by atoms with Crippen LogP contribution in [-0.2, 0) is 11.2 Å². The summed E-state index contributed by atoms with van der Waals surface area (Å²) in [5.41, 5.74) is 2.68. The van der Waals surface area contributed by atoms with E-state index in [4.69, 9.17) is 16.9 Å². The largest absolute Gasteiger partial charge is 0.389 e. The molecule has 0 aliphatic rings. The molecule has 0 radical (unpaired) electrons. The maximum atomic E-state index is 12.2. The van der Waals surface area contributed by atoms with E-state index in [9.17, 15) is 4.79 Å². The van der Waals surface area contributed by atoms with Crippen LogP contribution in [0.1, 0.15) is 11.1 Å². The van der Waals surface area contributed by atoms with Crippen molar-refractivity contribution in [3.8, 4) is 6.07 Å². The number of rotatable bonds is 6. The molecule has 2 aromatic carbocycles. The molecule has 0 atom stereocenters. The van der Waals surface area contributed by atoms with Crippen LogP contribution in [0.2, 0.25) is 5.02 Å². The molecule has 2 rings (SSSR count). The van der Waals surface area contributed by atoms with Gasteiger partial charge in [0, 0.05) is 23.5 Å². The number of hydrogen-bond donors (Lipinski definition) is 2. The van der Waals surface area contributed by atoms with Gasteiger partial charge in [-0.25, -0.2) is 0 Å². The van der Waals surface area contributed by atoms with Gasteiger partial charge in [-0.15, -0.1) is 0 Å². The predicted octanol–water partition coefficient (Wildman–Crippen LogP) is 3.83. The van der Waals surface area contributed by atoms with Gasteiger partial charge in [0.15, 0.2) is 0 Å². The highest BCUT2D eigenvalue weighted by molar-refractivity contribution is 6.31. The minimum atomic E-state index is -0.463. The number of nitrogens with zero attached hydrogens (tertiary/aromatic N) is 1. The molecule has 24 heavy (non-hydrogen) atoms. The number of nitrogens with one attached hydrogen (secondary N) is 2. The molecule has 5 heteroatoms. The number of nitriles is 1. The number of carbonyl (C=O) groups is 1. The number of aryl methyl sites for hydroxylation is 1. The quantitative estimate of drug-likeness (QED) is 0.477. The Labute approximate surface area is 146 Å². The van der Waals surface area contributed by atoms with Gasteiger partial charge in [-0.2, -0.15) is 5.26 Å². The SMILES string of the molecule is Cc1ccc(Cl)cc1NC(=O)/C(C#N)=C\NCCc1ccccc1. The molecule has 0 spiro atoms. The van der Waals surface area contributed by atoms with Gasteiger partial charge in [0.05, 0.1) is 0 Å². The highest BCUT2D eigenvalue weighted by Gasteiger charge is 2.10. The van der Waals surface area contributed by atoms with Crippen molar-refractivity contribution in [3.05, 3.63) is 76.5 Å². The zero-order valence-corrected chi connectivity index (χ0v) is 14.1.